The maximum Gasteiger partial charge on any atom is 0.142 e. The second kappa shape index (κ2) is 6.75. The molecule has 0 aliphatic carbocycles. The topological polar surface area (TPSA) is 18.5 Å². The lowest BCUT2D eigenvalue weighted by Gasteiger charge is -2.23. The molecule has 2 nitrogen and oxygen atoms in total. The minimum atomic E-state index is 0.199. The number of hydrogen-bond acceptors (Lipinski definition) is 2. The monoisotopic (exact) mass is 256 g/mol. The van der Waals surface area contributed by atoms with Crippen LogP contribution in [0.3, 0.4) is 0 Å². The van der Waals surface area contributed by atoms with Crippen LogP contribution in [0.15, 0.2) is 18.2 Å². The van der Waals surface area contributed by atoms with E-state index in [1.165, 1.54) is 0 Å². The molecule has 0 amide bonds. The van der Waals surface area contributed by atoms with Crippen LogP contribution in [0, 0.1) is 5.92 Å². The number of rotatable bonds is 6. The molecule has 17 heavy (non-hydrogen) atoms. The lowest BCUT2D eigenvalue weighted by molar-refractivity contribution is 0.140. The van der Waals surface area contributed by atoms with E-state index in [0.29, 0.717) is 16.7 Å². The molecule has 1 rings (SSSR count). The van der Waals surface area contributed by atoms with Crippen LogP contribution in [0.2, 0.25) is 5.02 Å². The second-order valence-electron chi connectivity index (χ2n) is 4.49. The summed E-state index contributed by atoms with van der Waals surface area (Å²) in [4.78, 5) is 0. The van der Waals surface area contributed by atoms with Gasteiger partial charge < -0.3 is 9.47 Å². The largest absolute Gasteiger partial charge is 0.497 e. The summed E-state index contributed by atoms with van der Waals surface area (Å²) in [6, 6.07) is 5.48. The van der Waals surface area contributed by atoms with E-state index in [9.17, 15) is 0 Å². The Balaban J connectivity index is 2.84. The number of methoxy groups -OCH3 is 1. The Hall–Kier alpha value is -0.890. The van der Waals surface area contributed by atoms with Crippen molar-refractivity contribution in [3.63, 3.8) is 0 Å². The van der Waals surface area contributed by atoms with Crippen LogP contribution < -0.4 is 9.47 Å². The zero-order chi connectivity index (χ0) is 12.8. The fourth-order valence-corrected chi connectivity index (χ4v) is 1.84. The molecular formula is C14H21ClO2. The Morgan fingerprint density at radius 3 is 2.53 bits per heavy atom. The molecule has 0 bridgehead atoms. The molecule has 0 aliphatic rings. The number of benzene rings is 1. The van der Waals surface area contributed by atoms with Gasteiger partial charge in [0.1, 0.15) is 17.6 Å². The number of ether oxygens (including phenoxy) is 2. The van der Waals surface area contributed by atoms with E-state index in [1.807, 2.05) is 12.1 Å². The highest BCUT2D eigenvalue weighted by Crippen LogP contribution is 2.31. The summed E-state index contributed by atoms with van der Waals surface area (Å²) in [5.41, 5.74) is 0. The zero-order valence-electron chi connectivity index (χ0n) is 11.0. The summed E-state index contributed by atoms with van der Waals surface area (Å²) in [5, 5.41) is 0.632. The van der Waals surface area contributed by atoms with E-state index < -0.39 is 0 Å². The third-order valence-corrected chi connectivity index (χ3v) is 3.05. The Bertz CT molecular complexity index is 350. The Labute approximate surface area is 109 Å². The van der Waals surface area contributed by atoms with Crippen LogP contribution in [0.25, 0.3) is 0 Å². The zero-order valence-corrected chi connectivity index (χ0v) is 11.8. The molecule has 3 heteroatoms. The van der Waals surface area contributed by atoms with Crippen molar-refractivity contribution in [1.82, 2.24) is 0 Å². The van der Waals surface area contributed by atoms with Gasteiger partial charge in [-0.15, -0.1) is 0 Å². The maximum atomic E-state index is 6.12. The van der Waals surface area contributed by atoms with Crippen molar-refractivity contribution in [2.24, 2.45) is 5.92 Å². The first-order valence-corrected chi connectivity index (χ1v) is 6.46. The van der Waals surface area contributed by atoms with Crippen LogP contribution >= 0.6 is 11.6 Å². The predicted octanol–water partition coefficient (Wildman–Crippen LogP) is 4.55. The molecular weight excluding hydrogens is 236 g/mol. The van der Waals surface area contributed by atoms with E-state index in [0.717, 1.165) is 18.6 Å². The first kappa shape index (κ1) is 14.2. The van der Waals surface area contributed by atoms with Gasteiger partial charge in [-0.05, 0) is 24.5 Å². The first-order chi connectivity index (χ1) is 8.08. The van der Waals surface area contributed by atoms with Gasteiger partial charge >= 0.3 is 0 Å². The predicted molar refractivity (Wildman–Crippen MR) is 72.2 cm³/mol. The average molecular weight is 257 g/mol. The summed E-state index contributed by atoms with van der Waals surface area (Å²) < 4.78 is 11.2. The van der Waals surface area contributed by atoms with Gasteiger partial charge in [-0.1, -0.05) is 38.8 Å². The van der Waals surface area contributed by atoms with Crippen molar-refractivity contribution in [3.05, 3.63) is 23.2 Å². The molecule has 1 aromatic carbocycles. The third kappa shape index (κ3) is 4.12. The minimum Gasteiger partial charge on any atom is -0.497 e. The fourth-order valence-electron chi connectivity index (χ4n) is 1.68. The fraction of sp³-hybridized carbons (Fsp3) is 0.571. The first-order valence-electron chi connectivity index (χ1n) is 6.08. The highest BCUT2D eigenvalue weighted by atomic mass is 35.5. The lowest BCUT2D eigenvalue weighted by atomic mass is 10.0. The summed E-state index contributed by atoms with van der Waals surface area (Å²) in [6.45, 7) is 6.48. The Morgan fingerprint density at radius 2 is 2.00 bits per heavy atom. The van der Waals surface area contributed by atoms with Crippen LogP contribution in [-0.2, 0) is 0 Å². The molecule has 0 spiro atoms. The van der Waals surface area contributed by atoms with Gasteiger partial charge in [0.2, 0.25) is 0 Å². The molecule has 0 saturated heterocycles. The highest BCUT2D eigenvalue weighted by molar-refractivity contribution is 6.32. The van der Waals surface area contributed by atoms with Gasteiger partial charge in [0, 0.05) is 6.07 Å². The third-order valence-electron chi connectivity index (χ3n) is 2.73. The van der Waals surface area contributed by atoms with Gasteiger partial charge in [0.25, 0.3) is 0 Å². The lowest BCUT2D eigenvalue weighted by Crippen LogP contribution is -2.22. The van der Waals surface area contributed by atoms with Crippen molar-refractivity contribution in [3.8, 4) is 11.5 Å². The van der Waals surface area contributed by atoms with E-state index in [4.69, 9.17) is 21.1 Å². The molecule has 0 heterocycles. The van der Waals surface area contributed by atoms with Gasteiger partial charge in [0.05, 0.1) is 12.1 Å². The van der Waals surface area contributed by atoms with Crippen molar-refractivity contribution in [1.29, 1.82) is 0 Å². The molecule has 1 atom stereocenters. The maximum absolute atomic E-state index is 6.12. The van der Waals surface area contributed by atoms with Crippen LogP contribution in [0.1, 0.15) is 33.6 Å². The van der Waals surface area contributed by atoms with Crippen molar-refractivity contribution >= 4 is 11.6 Å². The molecule has 96 valence electrons. The summed E-state index contributed by atoms with van der Waals surface area (Å²) in [5.74, 6) is 1.94. The number of hydrogen-bond donors (Lipinski definition) is 0. The quantitative estimate of drug-likeness (QED) is 0.743. The van der Waals surface area contributed by atoms with Gasteiger partial charge in [-0.2, -0.15) is 0 Å². The van der Waals surface area contributed by atoms with Gasteiger partial charge in [-0.25, -0.2) is 0 Å². The van der Waals surface area contributed by atoms with Crippen LogP contribution in [-0.4, -0.2) is 13.2 Å². The van der Waals surface area contributed by atoms with Crippen molar-refractivity contribution in [2.75, 3.05) is 7.11 Å². The number of halogens is 1. The molecule has 1 aromatic rings. The molecule has 0 fully saturated rings. The Kier molecular flexibility index (Phi) is 5.63. The van der Waals surface area contributed by atoms with Crippen LogP contribution in [0.4, 0.5) is 0 Å². The normalized spacial score (nSPS) is 12.6. The minimum absolute atomic E-state index is 0.199. The van der Waals surface area contributed by atoms with E-state index in [-0.39, 0.29) is 6.10 Å². The highest BCUT2D eigenvalue weighted by Gasteiger charge is 2.16. The van der Waals surface area contributed by atoms with Crippen molar-refractivity contribution < 1.29 is 9.47 Å². The Morgan fingerprint density at radius 1 is 1.29 bits per heavy atom. The van der Waals surface area contributed by atoms with Gasteiger partial charge in [0.15, 0.2) is 0 Å². The standard InChI is InChI=1S/C14H21ClO2/c1-5-6-13(10(2)3)17-14-9-11(16-4)7-8-12(14)15/h7-10,13H,5-6H2,1-4H3. The molecule has 0 radical (unpaired) electrons. The summed E-state index contributed by atoms with van der Waals surface area (Å²) in [7, 11) is 1.64. The molecule has 0 aromatic heterocycles. The summed E-state index contributed by atoms with van der Waals surface area (Å²) in [6.07, 6.45) is 2.33. The molecule has 0 aliphatic heterocycles. The second-order valence-corrected chi connectivity index (χ2v) is 4.89. The molecule has 0 N–H and O–H groups in total. The molecule has 0 saturated carbocycles. The van der Waals surface area contributed by atoms with E-state index in [1.54, 1.807) is 13.2 Å². The smallest absolute Gasteiger partial charge is 0.142 e. The summed E-state index contributed by atoms with van der Waals surface area (Å²) >= 11 is 6.12. The van der Waals surface area contributed by atoms with Crippen LogP contribution in [0.5, 0.6) is 11.5 Å². The molecule has 1 unspecified atom stereocenters. The average Bonchev–Trinajstić information content (AvgIpc) is 2.31. The van der Waals surface area contributed by atoms with E-state index >= 15 is 0 Å². The van der Waals surface area contributed by atoms with Gasteiger partial charge in [-0.3, -0.25) is 0 Å². The van der Waals surface area contributed by atoms with E-state index in [2.05, 4.69) is 20.8 Å². The SMILES string of the molecule is CCCC(Oc1cc(OC)ccc1Cl)C(C)C. The van der Waals surface area contributed by atoms with Crippen molar-refractivity contribution in [2.45, 2.75) is 39.7 Å².